The molecule has 1 heterocycles. The molecule has 1 aliphatic rings. The summed E-state index contributed by atoms with van der Waals surface area (Å²) in [7, 11) is 0. The lowest BCUT2D eigenvalue weighted by molar-refractivity contribution is -0.135. The van der Waals surface area contributed by atoms with Crippen molar-refractivity contribution in [2.45, 2.75) is 12.5 Å². The summed E-state index contributed by atoms with van der Waals surface area (Å²) in [5, 5.41) is 2.25. The monoisotopic (exact) mass is 139 g/mol. The Morgan fingerprint density at radius 3 is 2.80 bits per heavy atom. The van der Waals surface area contributed by atoms with Crippen molar-refractivity contribution < 1.29 is 14.3 Å². The zero-order chi connectivity index (χ0) is 7.56. The summed E-state index contributed by atoms with van der Waals surface area (Å²) in [6.45, 7) is 0. The van der Waals surface area contributed by atoms with Crippen molar-refractivity contribution in [2.75, 3.05) is 0 Å². The predicted octanol–water partition coefficient (Wildman–Crippen LogP) is -0.355. The topological polar surface area (TPSA) is 55.4 Å². The van der Waals surface area contributed by atoms with E-state index in [0.717, 1.165) is 0 Å². The van der Waals surface area contributed by atoms with E-state index in [9.17, 15) is 9.59 Å². The van der Waals surface area contributed by atoms with Gasteiger partial charge in [-0.05, 0) is 0 Å². The van der Waals surface area contributed by atoms with Crippen LogP contribution in [0.3, 0.4) is 0 Å². The molecule has 10 heavy (non-hydrogen) atoms. The van der Waals surface area contributed by atoms with Crippen molar-refractivity contribution in [3.8, 4) is 12.3 Å². The number of carbonyl (C=O) groups excluding carboxylic acids is 2. The van der Waals surface area contributed by atoms with E-state index < -0.39 is 18.1 Å². The summed E-state index contributed by atoms with van der Waals surface area (Å²) in [4.78, 5) is 20.9. The average molecular weight is 139 g/mol. The Hall–Kier alpha value is -1.50. The second-order valence-electron chi connectivity index (χ2n) is 1.81. The van der Waals surface area contributed by atoms with Crippen LogP contribution in [0.2, 0.25) is 0 Å². The van der Waals surface area contributed by atoms with Gasteiger partial charge in [0.05, 0.1) is 0 Å². The van der Waals surface area contributed by atoms with Gasteiger partial charge in [-0.25, -0.2) is 9.59 Å². The van der Waals surface area contributed by atoms with E-state index >= 15 is 0 Å². The van der Waals surface area contributed by atoms with Gasteiger partial charge in [-0.15, -0.1) is 12.3 Å². The van der Waals surface area contributed by atoms with Crippen LogP contribution in [0, 0.1) is 12.3 Å². The van der Waals surface area contributed by atoms with Gasteiger partial charge >= 0.3 is 12.1 Å². The molecule has 1 unspecified atom stereocenters. The molecule has 1 amide bonds. The van der Waals surface area contributed by atoms with Crippen molar-refractivity contribution in [1.29, 1.82) is 0 Å². The zero-order valence-corrected chi connectivity index (χ0v) is 5.09. The van der Waals surface area contributed by atoms with E-state index in [4.69, 9.17) is 6.42 Å². The standard InChI is InChI=1S/C6H5NO3/c1-2-3-4-5(8)10-6(9)7-4/h1,4H,3H2,(H,7,9). The highest BCUT2D eigenvalue weighted by Crippen LogP contribution is 2.02. The van der Waals surface area contributed by atoms with Crippen LogP contribution < -0.4 is 5.32 Å². The molecule has 1 aliphatic heterocycles. The molecule has 1 atom stereocenters. The highest BCUT2D eigenvalue weighted by atomic mass is 16.6. The van der Waals surface area contributed by atoms with Crippen molar-refractivity contribution in [3.05, 3.63) is 0 Å². The molecule has 0 aliphatic carbocycles. The minimum absolute atomic E-state index is 0.185. The molecule has 0 aromatic heterocycles. The van der Waals surface area contributed by atoms with E-state index in [1.54, 1.807) is 0 Å². The van der Waals surface area contributed by atoms with Crippen LogP contribution in [0.5, 0.6) is 0 Å². The summed E-state index contributed by atoms with van der Waals surface area (Å²) in [5.74, 6) is 1.65. The Labute approximate surface area is 57.5 Å². The van der Waals surface area contributed by atoms with Gasteiger partial charge in [0.25, 0.3) is 0 Å². The normalized spacial score (nSPS) is 23.3. The minimum Gasteiger partial charge on any atom is -0.375 e. The van der Waals surface area contributed by atoms with Crippen LogP contribution in [-0.2, 0) is 9.53 Å². The number of carbonyl (C=O) groups is 2. The van der Waals surface area contributed by atoms with Gasteiger partial charge in [-0.1, -0.05) is 0 Å². The summed E-state index contributed by atoms with van der Waals surface area (Å²) in [5.41, 5.74) is 0. The van der Waals surface area contributed by atoms with Crippen molar-refractivity contribution in [2.24, 2.45) is 0 Å². The maximum atomic E-state index is 10.6. The SMILES string of the molecule is C#CCC1NC(=O)OC1=O. The quantitative estimate of drug-likeness (QED) is 0.307. The first-order valence-electron chi connectivity index (χ1n) is 2.69. The Kier molecular flexibility index (Phi) is 1.59. The zero-order valence-electron chi connectivity index (χ0n) is 5.09. The molecular formula is C6H5NO3. The highest BCUT2D eigenvalue weighted by Gasteiger charge is 2.31. The molecule has 1 saturated heterocycles. The maximum absolute atomic E-state index is 10.6. The van der Waals surface area contributed by atoms with Gasteiger partial charge in [-0.2, -0.15) is 0 Å². The van der Waals surface area contributed by atoms with Crippen LogP contribution in [0.4, 0.5) is 4.79 Å². The third-order valence-corrected chi connectivity index (χ3v) is 1.09. The van der Waals surface area contributed by atoms with Crippen LogP contribution in [-0.4, -0.2) is 18.1 Å². The van der Waals surface area contributed by atoms with Gasteiger partial charge in [0.2, 0.25) is 0 Å². The lowest BCUT2D eigenvalue weighted by Crippen LogP contribution is -2.27. The van der Waals surface area contributed by atoms with E-state index in [2.05, 4.69) is 16.0 Å². The van der Waals surface area contributed by atoms with Gasteiger partial charge < -0.3 is 10.1 Å². The average Bonchev–Trinajstić information content (AvgIpc) is 2.13. The first kappa shape index (κ1) is 6.62. The lowest BCUT2D eigenvalue weighted by atomic mass is 10.2. The third kappa shape index (κ3) is 1.08. The first-order valence-corrected chi connectivity index (χ1v) is 2.69. The summed E-state index contributed by atoms with van der Waals surface area (Å²) >= 11 is 0. The summed E-state index contributed by atoms with van der Waals surface area (Å²) < 4.78 is 4.14. The second kappa shape index (κ2) is 2.40. The number of amides is 1. The van der Waals surface area contributed by atoms with E-state index in [0.29, 0.717) is 0 Å². The first-order chi connectivity index (χ1) is 4.74. The molecule has 1 rings (SSSR count). The fourth-order valence-electron chi connectivity index (χ4n) is 0.645. The van der Waals surface area contributed by atoms with Gasteiger partial charge in [0.15, 0.2) is 0 Å². The smallest absolute Gasteiger partial charge is 0.375 e. The molecule has 0 aromatic carbocycles. The fraction of sp³-hybridized carbons (Fsp3) is 0.333. The minimum atomic E-state index is -0.717. The molecule has 4 nitrogen and oxygen atoms in total. The molecule has 4 heteroatoms. The largest absolute Gasteiger partial charge is 0.415 e. The van der Waals surface area contributed by atoms with E-state index in [1.165, 1.54) is 0 Å². The molecule has 0 saturated carbocycles. The van der Waals surface area contributed by atoms with Crippen LogP contribution >= 0.6 is 0 Å². The van der Waals surface area contributed by atoms with E-state index in [1.807, 2.05) is 0 Å². The van der Waals surface area contributed by atoms with Gasteiger partial charge in [-0.3, -0.25) is 0 Å². The number of hydrogen-bond acceptors (Lipinski definition) is 3. The summed E-state index contributed by atoms with van der Waals surface area (Å²) in [6, 6.07) is -0.641. The van der Waals surface area contributed by atoms with Crippen LogP contribution in [0.15, 0.2) is 0 Å². The predicted molar refractivity (Wildman–Crippen MR) is 31.9 cm³/mol. The molecule has 0 aromatic rings. The number of alkyl carbamates (subject to hydrolysis) is 1. The Morgan fingerprint density at radius 1 is 1.70 bits per heavy atom. The number of terminal acetylenes is 1. The number of rotatable bonds is 1. The Balaban J connectivity index is 2.56. The Morgan fingerprint density at radius 2 is 2.40 bits per heavy atom. The fourth-order valence-corrected chi connectivity index (χ4v) is 0.645. The van der Waals surface area contributed by atoms with Crippen LogP contribution in [0.25, 0.3) is 0 Å². The van der Waals surface area contributed by atoms with Crippen molar-refractivity contribution in [1.82, 2.24) is 5.32 Å². The van der Waals surface area contributed by atoms with Crippen LogP contribution in [0.1, 0.15) is 6.42 Å². The molecule has 1 fully saturated rings. The molecule has 1 N–H and O–H groups in total. The number of esters is 1. The molecular weight excluding hydrogens is 134 g/mol. The van der Waals surface area contributed by atoms with Gasteiger partial charge in [0.1, 0.15) is 6.04 Å². The lowest BCUT2D eigenvalue weighted by Gasteiger charge is -1.95. The molecule has 0 spiro atoms. The number of hydrogen-bond donors (Lipinski definition) is 1. The maximum Gasteiger partial charge on any atom is 0.415 e. The molecule has 0 bridgehead atoms. The van der Waals surface area contributed by atoms with Crippen molar-refractivity contribution in [3.63, 3.8) is 0 Å². The molecule has 0 radical (unpaired) electrons. The number of ether oxygens (including phenoxy) is 1. The number of nitrogens with one attached hydrogen (secondary N) is 1. The highest BCUT2D eigenvalue weighted by molar-refractivity contribution is 5.95. The Bertz CT molecular complexity index is 216. The number of cyclic esters (lactones) is 2. The van der Waals surface area contributed by atoms with E-state index in [-0.39, 0.29) is 6.42 Å². The summed E-state index contributed by atoms with van der Waals surface area (Å²) in [6.07, 6.45) is 4.37. The molecule has 52 valence electrons. The third-order valence-electron chi connectivity index (χ3n) is 1.09. The second-order valence-corrected chi connectivity index (χ2v) is 1.81. The van der Waals surface area contributed by atoms with Gasteiger partial charge in [0, 0.05) is 6.42 Å². The van der Waals surface area contributed by atoms with Crippen molar-refractivity contribution >= 4 is 12.1 Å².